The fraction of sp³-hybridized carbons (Fsp3) is 0.0952. The van der Waals surface area contributed by atoms with Crippen LogP contribution >= 0.6 is 11.6 Å². The molecule has 3 aromatic rings. The van der Waals surface area contributed by atoms with Gasteiger partial charge in [0, 0.05) is 11.8 Å². The average molecular weight is 376 g/mol. The number of hydrogen-bond donors (Lipinski definition) is 2. The van der Waals surface area contributed by atoms with Crippen LogP contribution < -0.4 is 10.7 Å². The van der Waals surface area contributed by atoms with Gasteiger partial charge in [-0.05, 0) is 42.2 Å². The van der Waals surface area contributed by atoms with Crippen molar-refractivity contribution in [1.82, 2.24) is 9.97 Å². The molecule has 0 saturated heterocycles. The van der Waals surface area contributed by atoms with E-state index in [2.05, 4.69) is 44.0 Å². The first-order valence-electron chi connectivity index (χ1n) is 8.63. The van der Waals surface area contributed by atoms with Crippen LogP contribution in [0.3, 0.4) is 0 Å². The molecule has 4 rings (SSSR count). The lowest BCUT2D eigenvalue weighted by Gasteiger charge is -2.08. The molecule has 27 heavy (non-hydrogen) atoms. The van der Waals surface area contributed by atoms with Gasteiger partial charge >= 0.3 is 0 Å². The summed E-state index contributed by atoms with van der Waals surface area (Å²) in [4.78, 5) is 8.58. The standard InChI is InChI=1S/C21H18ClN5/c1-14-6-10-17(11-7-14)24-20-12-19(22)25-21(26-20)27-23-13-16-9-8-15-4-2-3-5-18(15)16/h2-7,9-13H,8H2,1H3,(H2,24,25,26,27)/b23-13+. The van der Waals surface area contributed by atoms with Gasteiger partial charge in [-0.2, -0.15) is 15.1 Å². The molecule has 134 valence electrons. The summed E-state index contributed by atoms with van der Waals surface area (Å²) in [5.74, 6) is 0.933. The number of allylic oxidation sites excluding steroid dienone is 2. The van der Waals surface area contributed by atoms with Crippen molar-refractivity contribution >= 4 is 40.8 Å². The molecule has 2 aromatic carbocycles. The third kappa shape index (κ3) is 4.15. The maximum absolute atomic E-state index is 6.12. The second-order valence-corrected chi connectivity index (χ2v) is 6.67. The van der Waals surface area contributed by atoms with E-state index in [1.54, 1.807) is 12.3 Å². The Bertz CT molecular complexity index is 1020. The van der Waals surface area contributed by atoms with Crippen LogP contribution in [0.2, 0.25) is 5.15 Å². The number of aryl methyl sites for hydroxylation is 1. The average Bonchev–Trinajstić information content (AvgIpc) is 3.07. The summed E-state index contributed by atoms with van der Waals surface area (Å²) in [6, 6.07) is 18.0. The minimum atomic E-state index is 0.334. The van der Waals surface area contributed by atoms with E-state index in [1.807, 2.05) is 43.3 Å². The Labute approximate surface area is 162 Å². The van der Waals surface area contributed by atoms with Crippen molar-refractivity contribution in [2.24, 2.45) is 5.10 Å². The Kier molecular flexibility index (Phi) is 4.85. The number of anilines is 3. The van der Waals surface area contributed by atoms with Crippen molar-refractivity contribution < 1.29 is 0 Å². The lowest BCUT2D eigenvalue weighted by molar-refractivity contribution is 1.12. The first-order chi connectivity index (χ1) is 13.2. The Morgan fingerprint density at radius 3 is 2.74 bits per heavy atom. The Morgan fingerprint density at radius 2 is 1.89 bits per heavy atom. The summed E-state index contributed by atoms with van der Waals surface area (Å²) < 4.78 is 0. The normalized spacial score (nSPS) is 12.7. The molecule has 1 aromatic heterocycles. The largest absolute Gasteiger partial charge is 0.340 e. The second-order valence-electron chi connectivity index (χ2n) is 6.28. The zero-order valence-electron chi connectivity index (χ0n) is 14.8. The van der Waals surface area contributed by atoms with Crippen LogP contribution in [0.5, 0.6) is 0 Å². The molecule has 1 heterocycles. The first kappa shape index (κ1) is 17.2. The van der Waals surface area contributed by atoms with Gasteiger partial charge in [0.05, 0.1) is 6.21 Å². The van der Waals surface area contributed by atoms with E-state index < -0.39 is 0 Å². The molecule has 0 fully saturated rings. The van der Waals surface area contributed by atoms with Gasteiger partial charge in [0.15, 0.2) is 0 Å². The summed E-state index contributed by atoms with van der Waals surface area (Å²) >= 11 is 6.12. The highest BCUT2D eigenvalue weighted by Crippen LogP contribution is 2.25. The van der Waals surface area contributed by atoms with Crippen LogP contribution in [-0.2, 0) is 6.42 Å². The van der Waals surface area contributed by atoms with Crippen LogP contribution in [-0.4, -0.2) is 16.2 Å². The fourth-order valence-corrected chi connectivity index (χ4v) is 3.09. The van der Waals surface area contributed by atoms with Gasteiger partial charge in [0.1, 0.15) is 11.0 Å². The number of halogens is 1. The molecule has 0 unspecified atom stereocenters. The van der Waals surface area contributed by atoms with E-state index in [1.165, 1.54) is 16.7 Å². The molecular formula is C21H18ClN5. The molecule has 1 aliphatic carbocycles. The number of fused-ring (bicyclic) bond motifs is 1. The van der Waals surface area contributed by atoms with E-state index >= 15 is 0 Å². The van der Waals surface area contributed by atoms with E-state index in [4.69, 9.17) is 11.6 Å². The van der Waals surface area contributed by atoms with E-state index in [0.29, 0.717) is 16.9 Å². The Balaban J connectivity index is 1.46. The third-order valence-corrected chi connectivity index (χ3v) is 4.45. The zero-order valence-corrected chi connectivity index (χ0v) is 15.5. The monoisotopic (exact) mass is 375 g/mol. The summed E-state index contributed by atoms with van der Waals surface area (Å²) in [7, 11) is 0. The lowest BCUT2D eigenvalue weighted by Crippen LogP contribution is -2.01. The van der Waals surface area contributed by atoms with Gasteiger partial charge in [-0.3, -0.25) is 0 Å². The molecule has 6 heteroatoms. The number of nitrogens with zero attached hydrogens (tertiary/aromatic N) is 3. The van der Waals surface area contributed by atoms with Crippen LogP contribution in [0.1, 0.15) is 16.7 Å². The molecule has 0 atom stereocenters. The number of benzene rings is 2. The second kappa shape index (κ2) is 7.60. The van der Waals surface area contributed by atoms with Crippen molar-refractivity contribution in [3.8, 4) is 0 Å². The Hall–Kier alpha value is -3.18. The van der Waals surface area contributed by atoms with Gasteiger partial charge < -0.3 is 5.32 Å². The van der Waals surface area contributed by atoms with Crippen LogP contribution in [0.25, 0.3) is 5.57 Å². The Morgan fingerprint density at radius 1 is 1.07 bits per heavy atom. The third-order valence-electron chi connectivity index (χ3n) is 4.26. The van der Waals surface area contributed by atoms with Gasteiger partial charge in [0.25, 0.3) is 0 Å². The van der Waals surface area contributed by atoms with Crippen LogP contribution in [0.4, 0.5) is 17.5 Å². The smallest absolute Gasteiger partial charge is 0.246 e. The van der Waals surface area contributed by atoms with Crippen molar-refractivity contribution in [3.05, 3.63) is 82.5 Å². The number of nitrogens with one attached hydrogen (secondary N) is 2. The molecule has 1 aliphatic rings. The quantitative estimate of drug-likeness (QED) is 0.364. The molecule has 0 amide bonds. The summed E-state index contributed by atoms with van der Waals surface area (Å²) in [5, 5.41) is 7.82. The highest BCUT2D eigenvalue weighted by Gasteiger charge is 2.11. The molecule has 0 aliphatic heterocycles. The molecule has 2 N–H and O–H groups in total. The van der Waals surface area contributed by atoms with Crippen LogP contribution in [0, 0.1) is 6.92 Å². The fourth-order valence-electron chi connectivity index (χ4n) is 2.91. The summed E-state index contributed by atoms with van der Waals surface area (Å²) in [6.07, 6.45) is 4.86. The SMILES string of the molecule is Cc1ccc(Nc2cc(Cl)nc(N/N=C/C3=CCc4ccccc43)n2)cc1. The number of aromatic nitrogens is 2. The summed E-state index contributed by atoms with van der Waals surface area (Å²) in [5.41, 5.74) is 8.58. The molecule has 0 saturated carbocycles. The topological polar surface area (TPSA) is 62.2 Å². The predicted octanol–water partition coefficient (Wildman–Crippen LogP) is 5.22. The zero-order chi connectivity index (χ0) is 18.6. The molecule has 0 radical (unpaired) electrons. The van der Waals surface area contributed by atoms with Crippen molar-refractivity contribution in [3.63, 3.8) is 0 Å². The minimum Gasteiger partial charge on any atom is -0.340 e. The van der Waals surface area contributed by atoms with Crippen molar-refractivity contribution in [1.29, 1.82) is 0 Å². The van der Waals surface area contributed by atoms with Gasteiger partial charge in [0.2, 0.25) is 5.95 Å². The van der Waals surface area contributed by atoms with Crippen LogP contribution in [0.15, 0.2) is 65.8 Å². The number of hydrogen-bond acceptors (Lipinski definition) is 5. The van der Waals surface area contributed by atoms with E-state index in [-0.39, 0.29) is 0 Å². The van der Waals surface area contributed by atoms with Gasteiger partial charge in [-0.15, -0.1) is 0 Å². The molecule has 5 nitrogen and oxygen atoms in total. The number of rotatable bonds is 5. The maximum atomic E-state index is 6.12. The molecule has 0 bridgehead atoms. The predicted molar refractivity (Wildman–Crippen MR) is 112 cm³/mol. The number of hydrazone groups is 1. The lowest BCUT2D eigenvalue weighted by atomic mass is 10.1. The van der Waals surface area contributed by atoms with Gasteiger partial charge in [-0.25, -0.2) is 5.43 Å². The molecular weight excluding hydrogens is 358 g/mol. The van der Waals surface area contributed by atoms with E-state index in [9.17, 15) is 0 Å². The molecule has 0 spiro atoms. The van der Waals surface area contributed by atoms with E-state index in [0.717, 1.165) is 17.7 Å². The maximum Gasteiger partial charge on any atom is 0.246 e. The minimum absolute atomic E-state index is 0.334. The summed E-state index contributed by atoms with van der Waals surface area (Å²) in [6.45, 7) is 2.05. The highest BCUT2D eigenvalue weighted by atomic mass is 35.5. The van der Waals surface area contributed by atoms with Crippen molar-refractivity contribution in [2.45, 2.75) is 13.3 Å². The first-order valence-corrected chi connectivity index (χ1v) is 9.01. The highest BCUT2D eigenvalue weighted by molar-refractivity contribution is 6.29. The van der Waals surface area contributed by atoms with Gasteiger partial charge in [-0.1, -0.05) is 59.6 Å². The van der Waals surface area contributed by atoms with Crippen molar-refractivity contribution in [2.75, 3.05) is 10.7 Å².